The van der Waals surface area contributed by atoms with E-state index >= 15 is 0 Å². The number of imide groups is 2. The van der Waals surface area contributed by atoms with E-state index in [2.05, 4.69) is 10.6 Å². The zero-order valence-electron chi connectivity index (χ0n) is 13.2. The van der Waals surface area contributed by atoms with Crippen LogP contribution in [0.15, 0.2) is 24.3 Å². The maximum absolute atomic E-state index is 12.6. The average molecular weight is 353 g/mol. The monoisotopic (exact) mass is 352 g/mol. The van der Waals surface area contributed by atoms with Gasteiger partial charge in [-0.1, -0.05) is 23.7 Å². The largest absolute Gasteiger partial charge is 0.338 e. The Bertz CT molecular complexity index is 691. The number of urea groups is 2. The van der Waals surface area contributed by atoms with E-state index in [0.29, 0.717) is 17.1 Å². The molecule has 0 radical (unpaired) electrons. The van der Waals surface area contributed by atoms with Crippen LogP contribution in [0.5, 0.6) is 0 Å². The third-order valence-electron chi connectivity index (χ3n) is 3.59. The zero-order valence-corrected chi connectivity index (χ0v) is 13.9. The van der Waals surface area contributed by atoms with Crippen molar-refractivity contribution in [3.05, 3.63) is 34.9 Å². The fraction of sp³-hybridized carbons (Fsp3) is 0.333. The van der Waals surface area contributed by atoms with Crippen LogP contribution in [0.2, 0.25) is 5.02 Å². The predicted molar refractivity (Wildman–Crippen MR) is 86.3 cm³/mol. The van der Waals surface area contributed by atoms with Crippen LogP contribution >= 0.6 is 11.6 Å². The molecule has 6 amide bonds. The van der Waals surface area contributed by atoms with Crippen molar-refractivity contribution in [3.63, 3.8) is 0 Å². The number of carbonyl (C=O) groups excluding carboxylic acids is 4. The summed E-state index contributed by atoms with van der Waals surface area (Å²) in [5.74, 6) is -1.34. The van der Waals surface area contributed by atoms with Gasteiger partial charge in [-0.2, -0.15) is 0 Å². The topological polar surface area (TPSA) is 108 Å². The smallest absolute Gasteiger partial charge is 0.325 e. The summed E-state index contributed by atoms with van der Waals surface area (Å²) in [6, 6.07) is 5.06. The van der Waals surface area contributed by atoms with Crippen molar-refractivity contribution in [2.45, 2.75) is 19.4 Å². The highest BCUT2D eigenvalue weighted by atomic mass is 35.5. The number of nitrogens with zero attached hydrogens (tertiary/aromatic N) is 1. The second-order valence-electron chi connectivity index (χ2n) is 5.36. The molecule has 1 fully saturated rings. The number of carbonyl (C=O) groups is 4. The summed E-state index contributed by atoms with van der Waals surface area (Å²) in [5, 5.41) is 7.49. The molecule has 8 nitrogen and oxygen atoms in total. The minimum atomic E-state index is -1.30. The van der Waals surface area contributed by atoms with Gasteiger partial charge in [0.2, 0.25) is 5.91 Å². The molecule has 1 aliphatic rings. The second kappa shape index (κ2) is 6.88. The van der Waals surface area contributed by atoms with Gasteiger partial charge in [-0.3, -0.25) is 19.8 Å². The summed E-state index contributed by atoms with van der Waals surface area (Å²) >= 11 is 5.83. The Morgan fingerprint density at radius 1 is 1.25 bits per heavy atom. The van der Waals surface area contributed by atoms with Crippen LogP contribution in [0.1, 0.15) is 19.4 Å². The molecule has 0 aromatic heterocycles. The van der Waals surface area contributed by atoms with Gasteiger partial charge < -0.3 is 10.6 Å². The Hall–Kier alpha value is -2.61. The molecule has 0 spiro atoms. The quantitative estimate of drug-likeness (QED) is 0.701. The molecule has 2 rings (SSSR count). The van der Waals surface area contributed by atoms with Crippen molar-refractivity contribution < 1.29 is 19.2 Å². The Morgan fingerprint density at radius 3 is 2.46 bits per heavy atom. The summed E-state index contributed by atoms with van der Waals surface area (Å²) in [4.78, 5) is 48.6. The predicted octanol–water partition coefficient (Wildman–Crippen LogP) is 0.953. The molecule has 1 aliphatic heterocycles. The van der Waals surface area contributed by atoms with Crippen molar-refractivity contribution >= 4 is 35.5 Å². The lowest BCUT2D eigenvalue weighted by molar-refractivity contribution is -0.134. The molecule has 1 saturated heterocycles. The van der Waals surface area contributed by atoms with Gasteiger partial charge in [-0.15, -0.1) is 0 Å². The zero-order chi connectivity index (χ0) is 17.9. The molecule has 0 unspecified atom stereocenters. The van der Waals surface area contributed by atoms with Crippen LogP contribution in [0.4, 0.5) is 9.59 Å². The molecule has 0 aliphatic carbocycles. The maximum atomic E-state index is 12.6. The molecule has 24 heavy (non-hydrogen) atoms. The molecule has 1 aromatic rings. The van der Waals surface area contributed by atoms with Crippen LogP contribution in [0.25, 0.3) is 0 Å². The lowest BCUT2D eigenvalue weighted by atomic mass is 9.92. The molecule has 3 N–H and O–H groups in total. The molecule has 1 atom stereocenters. The van der Waals surface area contributed by atoms with Crippen molar-refractivity contribution in [1.29, 1.82) is 0 Å². The van der Waals surface area contributed by atoms with Crippen LogP contribution in [0, 0.1) is 0 Å². The summed E-state index contributed by atoms with van der Waals surface area (Å²) in [6.45, 7) is 3.03. The molecule has 1 aromatic carbocycles. The first kappa shape index (κ1) is 17.7. The fourth-order valence-corrected chi connectivity index (χ4v) is 2.46. The number of nitrogens with one attached hydrogen (secondary N) is 3. The number of rotatable bonds is 4. The van der Waals surface area contributed by atoms with E-state index in [1.807, 2.05) is 5.32 Å². The summed E-state index contributed by atoms with van der Waals surface area (Å²) in [6.07, 6.45) is 0. The van der Waals surface area contributed by atoms with Crippen molar-refractivity contribution in [2.75, 3.05) is 13.1 Å². The van der Waals surface area contributed by atoms with Gasteiger partial charge in [0.15, 0.2) is 0 Å². The van der Waals surface area contributed by atoms with Gasteiger partial charge in [-0.05, 0) is 31.5 Å². The number of halogens is 1. The third-order valence-corrected chi connectivity index (χ3v) is 3.84. The Kier molecular flexibility index (Phi) is 5.08. The van der Waals surface area contributed by atoms with Crippen molar-refractivity contribution in [3.8, 4) is 0 Å². The molecule has 0 bridgehead atoms. The van der Waals surface area contributed by atoms with Crippen LogP contribution in [-0.4, -0.2) is 41.9 Å². The van der Waals surface area contributed by atoms with E-state index in [0.717, 1.165) is 4.90 Å². The SMILES string of the molecule is CCNC(=O)NC(=O)CN1C(=O)N[C@@](C)(c2ccc(Cl)cc2)C1=O. The van der Waals surface area contributed by atoms with Crippen molar-refractivity contribution in [1.82, 2.24) is 20.9 Å². The Labute approximate surface area is 143 Å². The van der Waals surface area contributed by atoms with Crippen LogP contribution in [-0.2, 0) is 15.1 Å². The van der Waals surface area contributed by atoms with E-state index in [1.165, 1.54) is 6.92 Å². The minimum absolute atomic E-state index is 0.344. The van der Waals surface area contributed by atoms with Gasteiger partial charge in [0.05, 0.1) is 0 Å². The Morgan fingerprint density at radius 2 is 1.88 bits per heavy atom. The van der Waals surface area contributed by atoms with E-state index < -0.39 is 36.0 Å². The molecule has 9 heteroatoms. The van der Waals surface area contributed by atoms with Gasteiger partial charge in [0, 0.05) is 11.6 Å². The number of benzene rings is 1. The van der Waals surface area contributed by atoms with E-state index in [1.54, 1.807) is 31.2 Å². The number of hydrogen-bond donors (Lipinski definition) is 3. The molecule has 0 saturated carbocycles. The number of amides is 6. The summed E-state index contributed by atoms with van der Waals surface area (Å²) < 4.78 is 0. The first-order chi connectivity index (χ1) is 11.3. The molecular formula is C15H17ClN4O4. The molecular weight excluding hydrogens is 336 g/mol. The van der Waals surface area contributed by atoms with Crippen LogP contribution in [0.3, 0.4) is 0 Å². The standard InChI is InChI=1S/C15H17ClN4O4/c1-3-17-13(23)18-11(21)8-20-12(22)15(2,19-14(20)24)9-4-6-10(16)7-5-9/h4-7H,3,8H2,1-2H3,(H,19,24)(H2,17,18,21,23)/t15-/m0/s1. The fourth-order valence-electron chi connectivity index (χ4n) is 2.33. The minimum Gasteiger partial charge on any atom is -0.338 e. The van der Waals surface area contributed by atoms with Gasteiger partial charge in [0.1, 0.15) is 12.1 Å². The second-order valence-corrected chi connectivity index (χ2v) is 5.80. The van der Waals surface area contributed by atoms with Crippen LogP contribution < -0.4 is 16.0 Å². The third kappa shape index (κ3) is 3.48. The first-order valence-corrected chi connectivity index (χ1v) is 7.63. The van der Waals surface area contributed by atoms with Gasteiger partial charge >= 0.3 is 12.1 Å². The van der Waals surface area contributed by atoms with E-state index in [-0.39, 0.29) is 0 Å². The lowest BCUT2D eigenvalue weighted by Gasteiger charge is -2.22. The van der Waals surface area contributed by atoms with Gasteiger partial charge in [0.25, 0.3) is 5.91 Å². The Balaban J connectivity index is 2.12. The highest BCUT2D eigenvalue weighted by molar-refractivity contribution is 6.30. The highest BCUT2D eigenvalue weighted by Crippen LogP contribution is 2.29. The van der Waals surface area contributed by atoms with E-state index in [9.17, 15) is 19.2 Å². The number of hydrogen-bond acceptors (Lipinski definition) is 4. The van der Waals surface area contributed by atoms with E-state index in [4.69, 9.17) is 11.6 Å². The van der Waals surface area contributed by atoms with Gasteiger partial charge in [-0.25, -0.2) is 9.59 Å². The molecule has 128 valence electrons. The molecule has 1 heterocycles. The maximum Gasteiger partial charge on any atom is 0.325 e. The normalized spacial score (nSPS) is 19.9. The first-order valence-electron chi connectivity index (χ1n) is 7.25. The highest BCUT2D eigenvalue weighted by Gasteiger charge is 2.49. The van der Waals surface area contributed by atoms with Crippen molar-refractivity contribution in [2.24, 2.45) is 0 Å². The average Bonchev–Trinajstić information content (AvgIpc) is 2.72. The lowest BCUT2D eigenvalue weighted by Crippen LogP contribution is -2.46. The summed E-state index contributed by atoms with van der Waals surface area (Å²) in [5.41, 5.74) is -0.759. The summed E-state index contributed by atoms with van der Waals surface area (Å²) in [7, 11) is 0.